The van der Waals surface area contributed by atoms with Gasteiger partial charge in [-0.3, -0.25) is 9.59 Å². The van der Waals surface area contributed by atoms with Crippen molar-refractivity contribution in [1.82, 2.24) is 10.6 Å². The lowest BCUT2D eigenvalue weighted by Crippen LogP contribution is -2.49. The molecule has 0 spiro atoms. The molecule has 2 amide bonds. The number of rotatable bonds is 9. The molecule has 2 aromatic rings. The summed E-state index contributed by atoms with van der Waals surface area (Å²) in [5, 5.41) is 5.68. The van der Waals surface area contributed by atoms with E-state index in [0.717, 1.165) is 5.56 Å². The molecule has 1 atom stereocenters. The Morgan fingerprint density at radius 3 is 2.59 bits per heavy atom. The van der Waals surface area contributed by atoms with Crippen molar-refractivity contribution in [3.8, 4) is 17.2 Å². The Bertz CT molecular complexity index is 838. The van der Waals surface area contributed by atoms with E-state index in [4.69, 9.17) is 14.2 Å². The average molecular weight is 398 g/mol. The highest BCUT2D eigenvalue weighted by Gasteiger charge is 2.24. The molecule has 0 bridgehead atoms. The molecular weight excluding hydrogens is 372 g/mol. The first-order valence-electron chi connectivity index (χ1n) is 9.66. The van der Waals surface area contributed by atoms with Gasteiger partial charge in [0.2, 0.25) is 18.6 Å². The van der Waals surface area contributed by atoms with E-state index < -0.39 is 6.04 Å². The molecule has 29 heavy (non-hydrogen) atoms. The number of nitrogens with one attached hydrogen (secondary N) is 2. The van der Waals surface area contributed by atoms with Crippen LogP contribution >= 0.6 is 0 Å². The summed E-state index contributed by atoms with van der Waals surface area (Å²) in [6, 6.07) is 14.2. The van der Waals surface area contributed by atoms with E-state index in [2.05, 4.69) is 10.6 Å². The van der Waals surface area contributed by atoms with E-state index in [1.54, 1.807) is 0 Å². The van der Waals surface area contributed by atoms with Gasteiger partial charge in [0, 0.05) is 6.54 Å². The van der Waals surface area contributed by atoms with Gasteiger partial charge < -0.3 is 24.8 Å². The molecule has 7 heteroatoms. The minimum Gasteiger partial charge on any atom is -0.493 e. The summed E-state index contributed by atoms with van der Waals surface area (Å²) < 4.78 is 16.2. The molecule has 3 rings (SSSR count). The molecule has 1 aliphatic rings. The van der Waals surface area contributed by atoms with Gasteiger partial charge in [0.1, 0.15) is 11.8 Å². The number of para-hydroxylation sites is 1. The smallest absolute Gasteiger partial charge is 0.243 e. The van der Waals surface area contributed by atoms with E-state index in [1.807, 2.05) is 62.4 Å². The van der Waals surface area contributed by atoms with Gasteiger partial charge in [0.15, 0.2) is 11.5 Å². The van der Waals surface area contributed by atoms with Crippen molar-refractivity contribution in [2.45, 2.75) is 32.9 Å². The maximum atomic E-state index is 12.6. The average Bonchev–Trinajstić information content (AvgIpc) is 3.18. The monoisotopic (exact) mass is 398 g/mol. The lowest BCUT2D eigenvalue weighted by Gasteiger charge is -2.22. The third-order valence-electron chi connectivity index (χ3n) is 4.51. The highest BCUT2D eigenvalue weighted by atomic mass is 16.7. The van der Waals surface area contributed by atoms with Crippen LogP contribution in [0.5, 0.6) is 17.2 Å². The third kappa shape index (κ3) is 5.88. The van der Waals surface area contributed by atoms with Gasteiger partial charge in [0.05, 0.1) is 13.0 Å². The van der Waals surface area contributed by atoms with E-state index in [9.17, 15) is 9.59 Å². The Hall–Kier alpha value is -3.22. The lowest BCUT2D eigenvalue weighted by molar-refractivity contribution is -0.130. The first-order chi connectivity index (χ1) is 14.0. The van der Waals surface area contributed by atoms with E-state index >= 15 is 0 Å². The van der Waals surface area contributed by atoms with Gasteiger partial charge in [-0.1, -0.05) is 38.1 Å². The Morgan fingerprint density at radius 2 is 1.83 bits per heavy atom. The van der Waals surface area contributed by atoms with Crippen LogP contribution in [0.1, 0.15) is 25.8 Å². The number of carbonyl (C=O) groups excluding carboxylic acids is 2. The molecule has 2 aromatic carbocycles. The summed E-state index contributed by atoms with van der Waals surface area (Å²) in [6.07, 6.45) is 0.174. The number of hydrogen-bond donors (Lipinski definition) is 2. The molecule has 0 saturated carbocycles. The second kappa shape index (κ2) is 9.82. The Balaban J connectivity index is 1.46. The normalized spacial score (nSPS) is 13.1. The molecule has 0 aliphatic carbocycles. The van der Waals surface area contributed by atoms with Crippen molar-refractivity contribution in [3.05, 3.63) is 54.1 Å². The highest BCUT2D eigenvalue weighted by molar-refractivity contribution is 5.87. The third-order valence-corrected chi connectivity index (χ3v) is 4.51. The molecule has 0 aromatic heterocycles. The minimum absolute atomic E-state index is 0.0502. The fraction of sp³-hybridized carbons (Fsp3) is 0.364. The zero-order chi connectivity index (χ0) is 20.6. The molecule has 0 fully saturated rings. The Labute approximate surface area is 170 Å². The van der Waals surface area contributed by atoms with Crippen LogP contribution in [0.25, 0.3) is 0 Å². The quantitative estimate of drug-likeness (QED) is 0.678. The zero-order valence-electron chi connectivity index (χ0n) is 16.6. The molecule has 0 saturated heterocycles. The topological polar surface area (TPSA) is 85.9 Å². The van der Waals surface area contributed by atoms with E-state index in [1.165, 1.54) is 0 Å². The minimum atomic E-state index is -0.617. The standard InChI is InChI=1S/C22H26N2O5/c1-15(2)21(24-20(25)10-11-27-17-6-4-3-5-7-17)22(26)23-13-16-8-9-18-19(12-16)29-14-28-18/h3-9,12,15,21H,10-11,13-14H2,1-2H3,(H,23,26)(H,24,25)/t21-/m0/s1. The van der Waals surface area contributed by atoms with Crippen LogP contribution in [0.2, 0.25) is 0 Å². The predicted molar refractivity (Wildman–Crippen MR) is 108 cm³/mol. The fourth-order valence-electron chi connectivity index (χ4n) is 2.91. The molecule has 0 unspecified atom stereocenters. The molecule has 1 heterocycles. The summed E-state index contributed by atoms with van der Waals surface area (Å²) >= 11 is 0. The maximum absolute atomic E-state index is 12.6. The maximum Gasteiger partial charge on any atom is 0.243 e. The largest absolute Gasteiger partial charge is 0.493 e. The first-order valence-corrected chi connectivity index (χ1v) is 9.66. The van der Waals surface area contributed by atoms with E-state index in [-0.39, 0.29) is 37.6 Å². The van der Waals surface area contributed by atoms with Crippen molar-refractivity contribution in [1.29, 1.82) is 0 Å². The van der Waals surface area contributed by atoms with Crippen molar-refractivity contribution >= 4 is 11.8 Å². The second-order valence-electron chi connectivity index (χ2n) is 7.11. The van der Waals surface area contributed by atoms with Crippen LogP contribution in [-0.4, -0.2) is 31.3 Å². The van der Waals surface area contributed by atoms with Crippen molar-refractivity contribution in [3.63, 3.8) is 0 Å². The van der Waals surface area contributed by atoms with Gasteiger partial charge in [-0.05, 0) is 35.7 Å². The van der Waals surface area contributed by atoms with Crippen LogP contribution in [0, 0.1) is 5.92 Å². The number of ether oxygens (including phenoxy) is 3. The molecular formula is C22H26N2O5. The Kier molecular flexibility index (Phi) is 6.94. The van der Waals surface area contributed by atoms with Crippen molar-refractivity contribution < 1.29 is 23.8 Å². The van der Waals surface area contributed by atoms with Crippen LogP contribution in [-0.2, 0) is 16.1 Å². The van der Waals surface area contributed by atoms with Crippen molar-refractivity contribution in [2.24, 2.45) is 5.92 Å². The molecule has 154 valence electrons. The SMILES string of the molecule is CC(C)[C@H](NC(=O)CCOc1ccccc1)C(=O)NCc1ccc2c(c1)OCO2. The Morgan fingerprint density at radius 1 is 1.07 bits per heavy atom. The van der Waals surface area contributed by atoms with Gasteiger partial charge in [-0.15, -0.1) is 0 Å². The summed E-state index contributed by atoms with van der Waals surface area (Å²) in [7, 11) is 0. The zero-order valence-corrected chi connectivity index (χ0v) is 16.6. The van der Waals surface area contributed by atoms with Crippen LogP contribution in [0.15, 0.2) is 48.5 Å². The fourth-order valence-corrected chi connectivity index (χ4v) is 2.91. The molecule has 2 N–H and O–H groups in total. The summed E-state index contributed by atoms with van der Waals surface area (Å²) in [4.78, 5) is 24.9. The number of hydrogen-bond acceptors (Lipinski definition) is 5. The van der Waals surface area contributed by atoms with Crippen LogP contribution < -0.4 is 24.8 Å². The molecule has 1 aliphatic heterocycles. The molecule has 7 nitrogen and oxygen atoms in total. The number of benzene rings is 2. The van der Waals surface area contributed by atoms with Gasteiger partial charge in [0.25, 0.3) is 0 Å². The van der Waals surface area contributed by atoms with Crippen LogP contribution in [0.4, 0.5) is 0 Å². The lowest BCUT2D eigenvalue weighted by atomic mass is 10.0. The number of amides is 2. The summed E-state index contributed by atoms with van der Waals surface area (Å²) in [6.45, 7) is 4.59. The second-order valence-corrected chi connectivity index (χ2v) is 7.11. The number of fused-ring (bicyclic) bond motifs is 1. The molecule has 0 radical (unpaired) electrons. The number of carbonyl (C=O) groups is 2. The highest BCUT2D eigenvalue weighted by Crippen LogP contribution is 2.32. The van der Waals surface area contributed by atoms with Gasteiger partial charge >= 0.3 is 0 Å². The summed E-state index contributed by atoms with van der Waals surface area (Å²) in [5.74, 6) is 1.58. The van der Waals surface area contributed by atoms with Crippen LogP contribution in [0.3, 0.4) is 0 Å². The van der Waals surface area contributed by atoms with E-state index in [0.29, 0.717) is 23.8 Å². The van der Waals surface area contributed by atoms with Gasteiger partial charge in [-0.2, -0.15) is 0 Å². The summed E-state index contributed by atoms with van der Waals surface area (Å²) in [5.41, 5.74) is 0.896. The van der Waals surface area contributed by atoms with Crippen molar-refractivity contribution in [2.75, 3.05) is 13.4 Å². The first kappa shape index (κ1) is 20.5. The van der Waals surface area contributed by atoms with Gasteiger partial charge in [-0.25, -0.2) is 0 Å². The predicted octanol–water partition coefficient (Wildman–Crippen LogP) is 2.64.